The third kappa shape index (κ3) is 6.19. The van der Waals surface area contributed by atoms with Gasteiger partial charge in [-0.05, 0) is 31.4 Å². The highest BCUT2D eigenvalue weighted by atomic mass is 16.5. The van der Waals surface area contributed by atoms with Crippen molar-refractivity contribution >= 4 is 5.96 Å². The molecule has 164 valence electrons. The molecule has 0 spiro atoms. The summed E-state index contributed by atoms with van der Waals surface area (Å²) in [6.07, 6.45) is 5.55. The summed E-state index contributed by atoms with van der Waals surface area (Å²) < 4.78 is 13.3. The predicted octanol–water partition coefficient (Wildman–Crippen LogP) is 2.25. The van der Waals surface area contributed by atoms with Crippen molar-refractivity contribution in [1.82, 2.24) is 25.4 Å². The number of fused-ring (bicyclic) bond motifs is 1. The number of hydrogen-bond donors (Lipinski definition) is 2. The van der Waals surface area contributed by atoms with Crippen LogP contribution < -0.4 is 15.4 Å². The Labute approximate surface area is 179 Å². The molecule has 1 aliphatic heterocycles. The van der Waals surface area contributed by atoms with Gasteiger partial charge in [0, 0.05) is 52.2 Å². The molecule has 0 fully saturated rings. The lowest BCUT2D eigenvalue weighted by atomic mass is 10.1. The summed E-state index contributed by atoms with van der Waals surface area (Å²) in [5, 5.41) is 15.5. The van der Waals surface area contributed by atoms with Crippen molar-refractivity contribution in [3.63, 3.8) is 0 Å². The Kier molecular flexibility index (Phi) is 8.50. The molecule has 2 heterocycles. The highest BCUT2D eigenvalue weighted by Gasteiger charge is 2.14. The van der Waals surface area contributed by atoms with Crippen LogP contribution in [0.5, 0.6) is 5.75 Å². The molecule has 3 rings (SSSR count). The minimum Gasteiger partial charge on any atom is -0.491 e. The molecule has 0 saturated carbocycles. The molecule has 0 atom stereocenters. The number of ether oxygens (including phenoxy) is 2. The van der Waals surface area contributed by atoms with Gasteiger partial charge in [-0.2, -0.15) is 0 Å². The van der Waals surface area contributed by atoms with E-state index in [0.717, 1.165) is 54.9 Å². The second-order valence-electron chi connectivity index (χ2n) is 7.55. The molecule has 1 aromatic heterocycles. The van der Waals surface area contributed by atoms with Crippen LogP contribution in [0.4, 0.5) is 0 Å². The van der Waals surface area contributed by atoms with Crippen LogP contribution in [0.2, 0.25) is 0 Å². The van der Waals surface area contributed by atoms with Crippen molar-refractivity contribution in [1.29, 1.82) is 0 Å². The van der Waals surface area contributed by atoms with E-state index in [0.29, 0.717) is 19.8 Å². The first-order valence-corrected chi connectivity index (χ1v) is 10.8. The molecule has 2 N–H and O–H groups in total. The zero-order chi connectivity index (χ0) is 21.2. The average Bonchev–Trinajstić information content (AvgIpc) is 2.97. The molecule has 1 aliphatic rings. The first kappa shape index (κ1) is 22.1. The minimum atomic E-state index is 0.530. The number of nitrogens with zero attached hydrogens (tertiary/aromatic N) is 4. The smallest absolute Gasteiger partial charge is 0.191 e. The topological polar surface area (TPSA) is 85.6 Å². The second kappa shape index (κ2) is 11.5. The fraction of sp³-hybridized carbons (Fsp3) is 0.591. The molecular weight excluding hydrogens is 380 g/mol. The SMILES string of the molecule is CN=C(NCCc1nnc2n1CCCCC2)NCc1ccc(C)cc1OCCOC. The van der Waals surface area contributed by atoms with Crippen molar-refractivity contribution in [2.75, 3.05) is 33.9 Å². The first-order chi connectivity index (χ1) is 14.7. The van der Waals surface area contributed by atoms with Crippen LogP contribution in [0, 0.1) is 6.92 Å². The van der Waals surface area contributed by atoms with E-state index in [2.05, 4.69) is 55.5 Å². The van der Waals surface area contributed by atoms with Crippen LogP contribution in [0.3, 0.4) is 0 Å². The molecular formula is C22H34N6O2. The van der Waals surface area contributed by atoms with Crippen molar-refractivity contribution in [3.05, 3.63) is 41.0 Å². The Hall–Kier alpha value is -2.61. The molecule has 0 amide bonds. The first-order valence-electron chi connectivity index (χ1n) is 10.8. The normalized spacial score (nSPS) is 14.2. The summed E-state index contributed by atoms with van der Waals surface area (Å²) in [5.41, 5.74) is 2.25. The van der Waals surface area contributed by atoms with Crippen molar-refractivity contribution < 1.29 is 9.47 Å². The van der Waals surface area contributed by atoms with E-state index < -0.39 is 0 Å². The maximum Gasteiger partial charge on any atom is 0.191 e. The number of aryl methyl sites for hydroxylation is 2. The number of methoxy groups -OCH3 is 1. The fourth-order valence-corrected chi connectivity index (χ4v) is 3.60. The third-order valence-electron chi connectivity index (χ3n) is 5.26. The molecule has 0 unspecified atom stereocenters. The molecule has 8 heteroatoms. The summed E-state index contributed by atoms with van der Waals surface area (Å²) in [6, 6.07) is 6.23. The third-order valence-corrected chi connectivity index (χ3v) is 5.26. The van der Waals surface area contributed by atoms with Gasteiger partial charge in [-0.1, -0.05) is 18.6 Å². The number of hydrogen-bond acceptors (Lipinski definition) is 5. The summed E-state index contributed by atoms with van der Waals surface area (Å²) in [7, 11) is 3.46. The minimum absolute atomic E-state index is 0.530. The van der Waals surface area contributed by atoms with Gasteiger partial charge in [-0.3, -0.25) is 4.99 Å². The molecule has 2 aromatic rings. The zero-order valence-electron chi connectivity index (χ0n) is 18.4. The van der Waals surface area contributed by atoms with Crippen LogP contribution in [0.15, 0.2) is 23.2 Å². The Bertz CT molecular complexity index is 833. The van der Waals surface area contributed by atoms with Gasteiger partial charge in [0.05, 0.1) is 6.61 Å². The average molecular weight is 415 g/mol. The second-order valence-corrected chi connectivity index (χ2v) is 7.55. The number of guanidine groups is 1. The number of aromatic nitrogens is 3. The van der Waals surface area contributed by atoms with Gasteiger partial charge in [-0.15, -0.1) is 10.2 Å². The molecule has 8 nitrogen and oxygen atoms in total. The Morgan fingerprint density at radius 3 is 2.90 bits per heavy atom. The van der Waals surface area contributed by atoms with Crippen LogP contribution in [0.25, 0.3) is 0 Å². The van der Waals surface area contributed by atoms with Crippen LogP contribution in [-0.2, 0) is 30.7 Å². The quantitative estimate of drug-likeness (QED) is 0.372. The summed E-state index contributed by atoms with van der Waals surface area (Å²) in [6.45, 7) is 5.57. The van der Waals surface area contributed by atoms with Crippen molar-refractivity contribution in [2.24, 2.45) is 4.99 Å². The Morgan fingerprint density at radius 2 is 2.07 bits per heavy atom. The van der Waals surface area contributed by atoms with E-state index in [-0.39, 0.29) is 0 Å². The molecule has 0 radical (unpaired) electrons. The van der Waals surface area contributed by atoms with Gasteiger partial charge >= 0.3 is 0 Å². The van der Waals surface area contributed by atoms with Crippen molar-refractivity contribution in [3.8, 4) is 5.75 Å². The van der Waals surface area contributed by atoms with Crippen LogP contribution in [0.1, 0.15) is 42.0 Å². The van der Waals surface area contributed by atoms with Gasteiger partial charge in [-0.25, -0.2) is 0 Å². The van der Waals surface area contributed by atoms with E-state index in [9.17, 15) is 0 Å². The fourth-order valence-electron chi connectivity index (χ4n) is 3.60. The van der Waals surface area contributed by atoms with Gasteiger partial charge in [0.2, 0.25) is 0 Å². The molecule has 0 saturated heterocycles. The number of nitrogens with one attached hydrogen (secondary N) is 2. The van der Waals surface area contributed by atoms with Crippen molar-refractivity contribution in [2.45, 2.75) is 52.1 Å². The number of aliphatic imine (C=N–C) groups is 1. The lowest BCUT2D eigenvalue weighted by molar-refractivity contribution is 0.145. The van der Waals surface area contributed by atoms with Crippen LogP contribution >= 0.6 is 0 Å². The lowest BCUT2D eigenvalue weighted by Crippen LogP contribution is -2.38. The lowest BCUT2D eigenvalue weighted by Gasteiger charge is -2.15. The summed E-state index contributed by atoms with van der Waals surface area (Å²) >= 11 is 0. The predicted molar refractivity (Wildman–Crippen MR) is 118 cm³/mol. The standard InChI is InChI=1S/C22H34N6O2/c1-17-8-9-18(19(15-17)30-14-13-29-3)16-25-22(23-2)24-11-10-21-27-26-20-7-5-4-6-12-28(20)21/h8-9,15H,4-7,10-14,16H2,1-3H3,(H2,23,24,25). The zero-order valence-corrected chi connectivity index (χ0v) is 18.4. The van der Waals surface area contributed by atoms with Gasteiger partial charge < -0.3 is 24.7 Å². The molecule has 1 aromatic carbocycles. The maximum atomic E-state index is 5.87. The maximum absolute atomic E-state index is 5.87. The highest BCUT2D eigenvalue weighted by molar-refractivity contribution is 5.79. The summed E-state index contributed by atoms with van der Waals surface area (Å²) in [4.78, 5) is 4.34. The molecule has 0 aliphatic carbocycles. The Morgan fingerprint density at radius 1 is 1.17 bits per heavy atom. The van der Waals surface area contributed by atoms with E-state index in [1.807, 2.05) is 0 Å². The number of benzene rings is 1. The van der Waals surface area contributed by atoms with E-state index in [1.165, 1.54) is 24.8 Å². The monoisotopic (exact) mass is 414 g/mol. The largest absolute Gasteiger partial charge is 0.491 e. The van der Waals surface area contributed by atoms with E-state index in [1.54, 1.807) is 14.2 Å². The summed E-state index contributed by atoms with van der Waals surface area (Å²) in [5.74, 6) is 3.82. The van der Waals surface area contributed by atoms with E-state index >= 15 is 0 Å². The number of rotatable bonds is 9. The van der Waals surface area contributed by atoms with Gasteiger partial charge in [0.25, 0.3) is 0 Å². The van der Waals surface area contributed by atoms with Crippen LogP contribution in [-0.4, -0.2) is 54.6 Å². The van der Waals surface area contributed by atoms with E-state index in [4.69, 9.17) is 9.47 Å². The highest BCUT2D eigenvalue weighted by Crippen LogP contribution is 2.20. The molecule has 30 heavy (non-hydrogen) atoms. The van der Waals surface area contributed by atoms with Gasteiger partial charge in [0.1, 0.15) is 24.0 Å². The Balaban J connectivity index is 1.50. The van der Waals surface area contributed by atoms with Gasteiger partial charge in [0.15, 0.2) is 5.96 Å². The molecule has 0 bridgehead atoms.